The second kappa shape index (κ2) is 5.40. The van der Waals surface area contributed by atoms with Crippen molar-refractivity contribution in [3.05, 3.63) is 29.8 Å². The Morgan fingerprint density at radius 2 is 2.50 bits per heavy atom. The highest BCUT2D eigenvalue weighted by Gasteiger charge is 1.91. The van der Waals surface area contributed by atoms with Gasteiger partial charge in [-0.05, 0) is 6.07 Å². The van der Waals surface area contributed by atoms with Crippen molar-refractivity contribution in [3.63, 3.8) is 0 Å². The molecule has 0 unspecified atom stereocenters. The highest BCUT2D eigenvalue weighted by molar-refractivity contribution is 8.13. The van der Waals surface area contributed by atoms with Gasteiger partial charge in [0.2, 0.25) is 5.95 Å². The Bertz CT molecular complexity index is 395. The standard InChI is InChI=1S/C10H8FNOS/c1-8(13)14-6-2-3-9-4-5-12-10(11)7-9/h4-5,7H,6H2,1H3. The van der Waals surface area contributed by atoms with Crippen molar-refractivity contribution in [1.82, 2.24) is 4.98 Å². The number of carbonyl (C=O) groups excluding carboxylic acids is 1. The topological polar surface area (TPSA) is 30.0 Å². The van der Waals surface area contributed by atoms with Gasteiger partial charge in [0.15, 0.2) is 5.12 Å². The number of rotatable bonds is 1. The van der Waals surface area contributed by atoms with Crippen LogP contribution in [0.4, 0.5) is 4.39 Å². The molecule has 1 aromatic heterocycles. The predicted molar refractivity (Wildman–Crippen MR) is 54.2 cm³/mol. The summed E-state index contributed by atoms with van der Waals surface area (Å²) in [6, 6.07) is 2.87. The Morgan fingerprint density at radius 3 is 3.14 bits per heavy atom. The third-order valence-corrected chi connectivity index (χ3v) is 2.00. The summed E-state index contributed by atoms with van der Waals surface area (Å²) in [7, 11) is 0. The number of thioether (sulfide) groups is 1. The molecular formula is C10H8FNOS. The van der Waals surface area contributed by atoms with E-state index in [9.17, 15) is 9.18 Å². The van der Waals surface area contributed by atoms with E-state index >= 15 is 0 Å². The Morgan fingerprint density at radius 1 is 1.71 bits per heavy atom. The summed E-state index contributed by atoms with van der Waals surface area (Å²) in [6.07, 6.45) is 1.36. The molecule has 1 rings (SSSR count). The SMILES string of the molecule is CC(=O)SCC#Cc1ccnc(F)c1. The van der Waals surface area contributed by atoms with Crippen LogP contribution in [0.3, 0.4) is 0 Å². The molecule has 1 aromatic rings. The van der Waals surface area contributed by atoms with Gasteiger partial charge in [-0.25, -0.2) is 4.98 Å². The fourth-order valence-corrected chi connectivity index (χ4v) is 1.10. The third-order valence-electron chi connectivity index (χ3n) is 1.31. The van der Waals surface area contributed by atoms with Crippen molar-refractivity contribution in [3.8, 4) is 11.8 Å². The normalized spacial score (nSPS) is 9.00. The van der Waals surface area contributed by atoms with Gasteiger partial charge in [0.1, 0.15) is 0 Å². The summed E-state index contributed by atoms with van der Waals surface area (Å²) in [6.45, 7) is 1.48. The van der Waals surface area contributed by atoms with Gasteiger partial charge in [-0.1, -0.05) is 23.6 Å². The molecule has 72 valence electrons. The Hall–Kier alpha value is -1.34. The molecular weight excluding hydrogens is 201 g/mol. The van der Waals surface area contributed by atoms with E-state index in [2.05, 4.69) is 16.8 Å². The maximum absolute atomic E-state index is 12.6. The lowest BCUT2D eigenvalue weighted by Gasteiger charge is -1.89. The van der Waals surface area contributed by atoms with E-state index in [1.165, 1.54) is 19.2 Å². The van der Waals surface area contributed by atoms with Crippen LogP contribution >= 0.6 is 11.8 Å². The lowest BCUT2D eigenvalue weighted by Crippen LogP contribution is -1.84. The van der Waals surface area contributed by atoms with Crippen molar-refractivity contribution in [2.24, 2.45) is 0 Å². The van der Waals surface area contributed by atoms with Gasteiger partial charge in [0.25, 0.3) is 0 Å². The van der Waals surface area contributed by atoms with Gasteiger partial charge in [-0.3, -0.25) is 4.79 Å². The molecule has 0 aliphatic heterocycles. The molecule has 0 atom stereocenters. The number of nitrogens with zero attached hydrogens (tertiary/aromatic N) is 1. The van der Waals surface area contributed by atoms with Crippen molar-refractivity contribution < 1.29 is 9.18 Å². The summed E-state index contributed by atoms with van der Waals surface area (Å²) in [4.78, 5) is 13.9. The third kappa shape index (κ3) is 4.06. The number of hydrogen-bond donors (Lipinski definition) is 0. The monoisotopic (exact) mass is 209 g/mol. The van der Waals surface area contributed by atoms with Crippen LogP contribution in [0, 0.1) is 17.8 Å². The lowest BCUT2D eigenvalue weighted by atomic mass is 10.3. The Labute approximate surface area is 85.9 Å². The molecule has 0 saturated heterocycles. The molecule has 1 heterocycles. The molecule has 0 amide bonds. The Balaban J connectivity index is 2.55. The zero-order chi connectivity index (χ0) is 10.4. The number of halogens is 1. The van der Waals surface area contributed by atoms with Crippen LogP contribution in [-0.4, -0.2) is 15.9 Å². The molecule has 0 saturated carbocycles. The minimum Gasteiger partial charge on any atom is -0.288 e. The first-order valence-electron chi connectivity index (χ1n) is 3.92. The summed E-state index contributed by atoms with van der Waals surface area (Å²) in [5.41, 5.74) is 0.571. The second-order valence-electron chi connectivity index (χ2n) is 2.45. The molecule has 0 radical (unpaired) electrons. The van der Waals surface area contributed by atoms with Crippen molar-refractivity contribution in [2.75, 3.05) is 5.75 Å². The summed E-state index contributed by atoms with van der Waals surface area (Å²) >= 11 is 1.13. The van der Waals surface area contributed by atoms with E-state index in [1.54, 1.807) is 6.07 Å². The predicted octanol–water partition coefficient (Wildman–Crippen LogP) is 1.85. The maximum Gasteiger partial charge on any atom is 0.214 e. The summed E-state index contributed by atoms with van der Waals surface area (Å²) in [5.74, 6) is 5.38. The highest BCUT2D eigenvalue weighted by Crippen LogP contribution is 2.00. The minimum atomic E-state index is -0.545. The van der Waals surface area contributed by atoms with Crippen molar-refractivity contribution >= 4 is 16.9 Å². The van der Waals surface area contributed by atoms with Crippen LogP contribution in [-0.2, 0) is 4.79 Å². The average molecular weight is 209 g/mol. The molecule has 2 nitrogen and oxygen atoms in total. The number of carbonyl (C=O) groups is 1. The first-order chi connectivity index (χ1) is 6.68. The molecule has 14 heavy (non-hydrogen) atoms. The maximum atomic E-state index is 12.6. The van der Waals surface area contributed by atoms with Gasteiger partial charge >= 0.3 is 0 Å². The smallest absolute Gasteiger partial charge is 0.214 e. The summed E-state index contributed by atoms with van der Waals surface area (Å²) < 4.78 is 12.6. The molecule has 4 heteroatoms. The van der Waals surface area contributed by atoms with Crippen molar-refractivity contribution in [2.45, 2.75) is 6.92 Å². The van der Waals surface area contributed by atoms with E-state index in [1.807, 2.05) is 0 Å². The van der Waals surface area contributed by atoms with E-state index in [0.717, 1.165) is 11.8 Å². The van der Waals surface area contributed by atoms with E-state index in [0.29, 0.717) is 11.3 Å². The van der Waals surface area contributed by atoms with Crippen LogP contribution in [0.1, 0.15) is 12.5 Å². The van der Waals surface area contributed by atoms with E-state index in [-0.39, 0.29) is 5.12 Å². The summed E-state index contributed by atoms with van der Waals surface area (Å²) in [5, 5.41) is 0.0280. The van der Waals surface area contributed by atoms with Crippen LogP contribution in [0.15, 0.2) is 18.3 Å². The van der Waals surface area contributed by atoms with E-state index in [4.69, 9.17) is 0 Å². The van der Waals surface area contributed by atoms with Gasteiger partial charge in [-0.2, -0.15) is 4.39 Å². The van der Waals surface area contributed by atoms with Crippen LogP contribution < -0.4 is 0 Å². The average Bonchev–Trinajstić information content (AvgIpc) is 2.12. The first kappa shape index (κ1) is 10.7. The molecule has 0 aliphatic rings. The van der Waals surface area contributed by atoms with Gasteiger partial charge in [0.05, 0.1) is 5.75 Å². The second-order valence-corrected chi connectivity index (χ2v) is 3.60. The van der Waals surface area contributed by atoms with Crippen LogP contribution in [0.2, 0.25) is 0 Å². The zero-order valence-corrected chi connectivity index (χ0v) is 8.40. The first-order valence-corrected chi connectivity index (χ1v) is 4.91. The zero-order valence-electron chi connectivity index (χ0n) is 7.58. The van der Waals surface area contributed by atoms with Crippen LogP contribution in [0.25, 0.3) is 0 Å². The Kier molecular flexibility index (Phi) is 4.14. The van der Waals surface area contributed by atoms with Crippen molar-refractivity contribution in [1.29, 1.82) is 0 Å². The minimum absolute atomic E-state index is 0.0280. The van der Waals surface area contributed by atoms with Crippen LogP contribution in [0.5, 0.6) is 0 Å². The van der Waals surface area contributed by atoms with Gasteiger partial charge in [-0.15, -0.1) is 0 Å². The quantitative estimate of drug-likeness (QED) is 0.522. The molecule has 0 aliphatic carbocycles. The number of hydrogen-bond acceptors (Lipinski definition) is 3. The highest BCUT2D eigenvalue weighted by atomic mass is 32.2. The number of pyridine rings is 1. The number of aromatic nitrogens is 1. The fraction of sp³-hybridized carbons (Fsp3) is 0.200. The molecule has 0 bridgehead atoms. The molecule has 0 fully saturated rings. The fourth-order valence-electron chi connectivity index (χ4n) is 0.756. The molecule has 0 spiro atoms. The molecule has 0 aromatic carbocycles. The van der Waals surface area contributed by atoms with E-state index < -0.39 is 5.95 Å². The lowest BCUT2D eigenvalue weighted by molar-refractivity contribution is -0.109. The van der Waals surface area contributed by atoms with Gasteiger partial charge in [0, 0.05) is 24.8 Å². The van der Waals surface area contributed by atoms with Gasteiger partial charge < -0.3 is 0 Å². The largest absolute Gasteiger partial charge is 0.288 e. The molecule has 0 N–H and O–H groups in total.